The Labute approximate surface area is 140 Å². The summed E-state index contributed by atoms with van der Waals surface area (Å²) in [6.45, 7) is 0. The van der Waals surface area contributed by atoms with E-state index < -0.39 is 11.7 Å². The molecule has 0 saturated heterocycles. The fourth-order valence-corrected chi connectivity index (χ4v) is 3.17. The van der Waals surface area contributed by atoms with Crippen LogP contribution in [0.5, 0.6) is 0 Å². The van der Waals surface area contributed by atoms with Crippen molar-refractivity contribution in [3.05, 3.63) is 59.9 Å². The third-order valence-electron chi connectivity index (χ3n) is 3.45. The zero-order chi connectivity index (χ0) is 17.2. The number of thioether (sulfide) groups is 1. The van der Waals surface area contributed by atoms with Gasteiger partial charge in [0.1, 0.15) is 0 Å². The van der Waals surface area contributed by atoms with E-state index in [0.29, 0.717) is 11.0 Å². The van der Waals surface area contributed by atoms with Crippen LogP contribution in [0, 0.1) is 0 Å². The molecule has 1 aromatic carbocycles. The number of aromatic nitrogens is 4. The quantitative estimate of drug-likeness (QED) is 0.662. The van der Waals surface area contributed by atoms with E-state index >= 15 is 0 Å². The first-order valence-electron chi connectivity index (χ1n) is 7.04. The first-order valence-corrected chi connectivity index (χ1v) is 8.03. The van der Waals surface area contributed by atoms with Gasteiger partial charge in [-0.25, -0.2) is 0 Å². The van der Waals surface area contributed by atoms with E-state index in [2.05, 4.69) is 15.2 Å². The number of hydrogen-bond acceptors (Lipinski definition) is 4. The highest BCUT2D eigenvalue weighted by Gasteiger charge is 2.32. The number of halogens is 3. The third-order valence-corrected chi connectivity index (χ3v) is 4.52. The first kappa shape index (κ1) is 16.5. The summed E-state index contributed by atoms with van der Waals surface area (Å²) >= 11 is 1.22. The van der Waals surface area contributed by atoms with Gasteiger partial charge in [-0.3, -0.25) is 4.98 Å². The zero-order valence-electron chi connectivity index (χ0n) is 12.7. The van der Waals surface area contributed by atoms with Gasteiger partial charge in [-0.15, -0.1) is 10.2 Å². The maximum absolute atomic E-state index is 13.0. The van der Waals surface area contributed by atoms with Gasteiger partial charge < -0.3 is 4.57 Å². The van der Waals surface area contributed by atoms with Crippen molar-refractivity contribution in [3.8, 4) is 11.4 Å². The monoisotopic (exact) mass is 350 g/mol. The highest BCUT2D eigenvalue weighted by atomic mass is 32.2. The predicted octanol–water partition coefficient (Wildman–Crippen LogP) is 4.19. The van der Waals surface area contributed by atoms with E-state index in [4.69, 9.17) is 0 Å². The molecule has 0 N–H and O–H groups in total. The number of alkyl halides is 3. The molecule has 3 rings (SSSR count). The highest BCUT2D eigenvalue weighted by molar-refractivity contribution is 7.98. The molecule has 4 nitrogen and oxygen atoms in total. The number of rotatable bonds is 4. The van der Waals surface area contributed by atoms with E-state index in [1.165, 1.54) is 23.9 Å². The standard InChI is InChI=1S/C16H13F3N4S/c1-23-14(11-6-8-20-9-7-11)21-22-15(23)24-10-12-4-2-3-5-13(12)16(17,18)19/h2-9H,10H2,1H3. The van der Waals surface area contributed by atoms with Crippen molar-refractivity contribution in [2.45, 2.75) is 17.1 Å². The Hall–Kier alpha value is -2.35. The Morgan fingerprint density at radius 2 is 1.75 bits per heavy atom. The third kappa shape index (κ3) is 3.43. The molecule has 0 saturated carbocycles. The van der Waals surface area contributed by atoms with Gasteiger partial charge in [0.15, 0.2) is 11.0 Å². The van der Waals surface area contributed by atoms with E-state index in [1.807, 2.05) is 0 Å². The number of benzene rings is 1. The maximum Gasteiger partial charge on any atom is 0.416 e. The van der Waals surface area contributed by atoms with E-state index in [1.54, 1.807) is 42.2 Å². The molecule has 0 aliphatic carbocycles. The summed E-state index contributed by atoms with van der Waals surface area (Å²) in [7, 11) is 1.79. The molecule has 24 heavy (non-hydrogen) atoms. The van der Waals surface area contributed by atoms with Gasteiger partial charge in [0.05, 0.1) is 5.56 Å². The van der Waals surface area contributed by atoms with Gasteiger partial charge in [-0.2, -0.15) is 13.2 Å². The van der Waals surface area contributed by atoms with Crippen LogP contribution in [0.15, 0.2) is 53.9 Å². The average Bonchev–Trinajstić information content (AvgIpc) is 2.94. The van der Waals surface area contributed by atoms with Crippen molar-refractivity contribution < 1.29 is 13.2 Å². The van der Waals surface area contributed by atoms with Gasteiger partial charge >= 0.3 is 6.18 Å². The minimum atomic E-state index is -4.36. The number of nitrogens with zero attached hydrogens (tertiary/aromatic N) is 4. The van der Waals surface area contributed by atoms with Gasteiger partial charge in [-0.05, 0) is 23.8 Å². The Morgan fingerprint density at radius 1 is 1.04 bits per heavy atom. The first-order chi connectivity index (χ1) is 11.5. The van der Waals surface area contributed by atoms with Crippen LogP contribution in [-0.4, -0.2) is 19.7 Å². The van der Waals surface area contributed by atoms with Crippen molar-refractivity contribution in [2.24, 2.45) is 7.05 Å². The van der Waals surface area contributed by atoms with E-state index in [9.17, 15) is 13.2 Å². The molecule has 124 valence electrons. The van der Waals surface area contributed by atoms with Crippen LogP contribution in [0.1, 0.15) is 11.1 Å². The van der Waals surface area contributed by atoms with Crippen LogP contribution < -0.4 is 0 Å². The summed E-state index contributed by atoms with van der Waals surface area (Å²) in [6.07, 6.45) is -1.06. The van der Waals surface area contributed by atoms with Crippen molar-refractivity contribution >= 4 is 11.8 Å². The summed E-state index contributed by atoms with van der Waals surface area (Å²) in [5.41, 5.74) is 0.458. The molecule has 0 spiro atoms. The molecule has 0 atom stereocenters. The second-order valence-corrected chi connectivity index (χ2v) is 5.99. The fraction of sp³-hybridized carbons (Fsp3) is 0.188. The Balaban J connectivity index is 1.81. The normalized spacial score (nSPS) is 11.7. The summed E-state index contributed by atoms with van der Waals surface area (Å²) in [6, 6.07) is 9.17. The fourth-order valence-electron chi connectivity index (χ4n) is 2.26. The molecule has 0 aliphatic rings. The lowest BCUT2D eigenvalue weighted by Crippen LogP contribution is -2.08. The van der Waals surface area contributed by atoms with Crippen LogP contribution in [0.2, 0.25) is 0 Å². The predicted molar refractivity (Wildman–Crippen MR) is 85.2 cm³/mol. The Morgan fingerprint density at radius 3 is 2.46 bits per heavy atom. The van der Waals surface area contributed by atoms with Crippen molar-refractivity contribution in [2.75, 3.05) is 0 Å². The maximum atomic E-state index is 13.0. The summed E-state index contributed by atoms with van der Waals surface area (Å²) < 4.78 is 40.9. The molecule has 0 fully saturated rings. The molecule has 8 heteroatoms. The van der Waals surface area contributed by atoms with Gasteiger partial charge in [0.25, 0.3) is 0 Å². The molecule has 0 amide bonds. The average molecular weight is 350 g/mol. The molecule has 3 aromatic rings. The van der Waals surface area contributed by atoms with E-state index in [0.717, 1.165) is 11.6 Å². The number of hydrogen-bond donors (Lipinski definition) is 0. The molecular formula is C16H13F3N4S. The molecule has 2 heterocycles. The summed E-state index contributed by atoms with van der Waals surface area (Å²) in [5.74, 6) is 0.807. The van der Waals surface area contributed by atoms with Crippen LogP contribution in [0.25, 0.3) is 11.4 Å². The van der Waals surface area contributed by atoms with Crippen LogP contribution >= 0.6 is 11.8 Å². The van der Waals surface area contributed by atoms with Crippen molar-refractivity contribution in [1.82, 2.24) is 19.7 Å². The van der Waals surface area contributed by atoms with Crippen LogP contribution in [0.4, 0.5) is 13.2 Å². The van der Waals surface area contributed by atoms with Crippen LogP contribution in [0.3, 0.4) is 0 Å². The van der Waals surface area contributed by atoms with Gasteiger partial charge in [0.2, 0.25) is 0 Å². The minimum Gasteiger partial charge on any atom is -0.305 e. The van der Waals surface area contributed by atoms with Crippen molar-refractivity contribution in [1.29, 1.82) is 0 Å². The summed E-state index contributed by atoms with van der Waals surface area (Å²) in [4.78, 5) is 3.95. The van der Waals surface area contributed by atoms with Gasteiger partial charge in [0, 0.05) is 30.8 Å². The Bertz CT molecular complexity index is 831. The largest absolute Gasteiger partial charge is 0.416 e. The SMILES string of the molecule is Cn1c(SCc2ccccc2C(F)(F)F)nnc1-c1ccncc1. The Kier molecular flexibility index (Phi) is 4.57. The lowest BCUT2D eigenvalue weighted by Gasteiger charge is -2.12. The second kappa shape index (κ2) is 6.64. The second-order valence-electron chi connectivity index (χ2n) is 5.04. The smallest absolute Gasteiger partial charge is 0.305 e. The highest BCUT2D eigenvalue weighted by Crippen LogP contribution is 2.34. The lowest BCUT2D eigenvalue weighted by molar-refractivity contribution is -0.138. The summed E-state index contributed by atoms with van der Waals surface area (Å²) in [5, 5.41) is 8.74. The number of pyridine rings is 1. The van der Waals surface area contributed by atoms with Gasteiger partial charge in [-0.1, -0.05) is 30.0 Å². The minimum absolute atomic E-state index is 0.165. The lowest BCUT2D eigenvalue weighted by atomic mass is 10.1. The van der Waals surface area contributed by atoms with E-state index in [-0.39, 0.29) is 11.3 Å². The van der Waals surface area contributed by atoms with Crippen LogP contribution in [-0.2, 0) is 19.0 Å². The molecular weight excluding hydrogens is 337 g/mol. The molecule has 0 bridgehead atoms. The molecule has 0 aliphatic heterocycles. The van der Waals surface area contributed by atoms with Crippen molar-refractivity contribution in [3.63, 3.8) is 0 Å². The molecule has 0 radical (unpaired) electrons. The molecule has 0 unspecified atom stereocenters. The molecule has 2 aromatic heterocycles. The topological polar surface area (TPSA) is 43.6 Å². The zero-order valence-corrected chi connectivity index (χ0v) is 13.5.